The van der Waals surface area contributed by atoms with E-state index < -0.39 is 53.8 Å². The number of ether oxygens (including phenoxy) is 6. The monoisotopic (exact) mass is 830 g/mol. The van der Waals surface area contributed by atoms with Crippen LogP contribution in [0, 0.1) is 0 Å². The molecule has 6 aromatic rings. The van der Waals surface area contributed by atoms with Crippen LogP contribution in [0.2, 0.25) is 0 Å². The molecule has 318 valence electrons. The van der Waals surface area contributed by atoms with Gasteiger partial charge < -0.3 is 39.3 Å². The summed E-state index contributed by atoms with van der Waals surface area (Å²) in [4.78, 5) is 42.0. The molecule has 2 aromatic heterocycles. The predicted octanol–water partition coefficient (Wildman–Crippen LogP) is 6.08. The third kappa shape index (κ3) is 8.99. The fraction of sp³-hybridized carbons (Fsp3) is 0.326. The molecule has 0 aliphatic carbocycles. The number of carbonyl (C=O) groups excluding carboxylic acids is 2. The number of aliphatic hydroxyl groups excluding tert-OH is 1. The van der Waals surface area contributed by atoms with Crippen LogP contribution in [0.25, 0.3) is 11.2 Å². The zero-order valence-corrected chi connectivity index (χ0v) is 34.9. The van der Waals surface area contributed by atoms with Crippen molar-refractivity contribution < 1.29 is 43.1 Å². The lowest BCUT2D eigenvalue weighted by Gasteiger charge is -2.37. The Kier molecular flexibility index (Phi) is 12.5. The van der Waals surface area contributed by atoms with Gasteiger partial charge >= 0.3 is 12.1 Å². The fourth-order valence-corrected chi connectivity index (χ4v) is 7.43. The van der Waals surface area contributed by atoms with Crippen LogP contribution in [0.3, 0.4) is 0 Å². The molecule has 5 atom stereocenters. The number of imidazole rings is 1. The molecule has 61 heavy (non-hydrogen) atoms. The molecule has 3 heterocycles. The molecule has 1 saturated heterocycles. The van der Waals surface area contributed by atoms with Crippen LogP contribution in [0.15, 0.2) is 122 Å². The lowest BCUT2D eigenvalue weighted by molar-refractivity contribution is -0.164. The number of fused-ring (bicyclic) bond motifs is 1. The maximum atomic E-state index is 14.5. The Labute approximate surface area is 354 Å². The van der Waals surface area contributed by atoms with E-state index in [0.29, 0.717) is 17.0 Å². The summed E-state index contributed by atoms with van der Waals surface area (Å²) < 4.78 is 38.2. The number of nitrogens with two attached hydrogens (primary N) is 1. The number of nitrogen functional groups attached to an aromatic ring is 1. The van der Waals surface area contributed by atoms with Crippen molar-refractivity contribution in [3.05, 3.63) is 144 Å². The first-order valence-electron chi connectivity index (χ1n) is 19.8. The molecule has 15 heteroatoms. The number of amides is 1. The lowest BCUT2D eigenvalue weighted by atomic mass is 9.80. The third-order valence-corrected chi connectivity index (χ3v) is 10.6. The predicted molar refractivity (Wildman–Crippen MR) is 226 cm³/mol. The minimum atomic E-state index is -1.46. The van der Waals surface area contributed by atoms with Gasteiger partial charge in [-0.1, -0.05) is 84.9 Å². The first kappa shape index (κ1) is 42.6. The molecule has 1 aliphatic rings. The van der Waals surface area contributed by atoms with Crippen molar-refractivity contribution in [3.63, 3.8) is 0 Å². The van der Waals surface area contributed by atoms with E-state index in [2.05, 4.69) is 15.0 Å². The molecule has 0 spiro atoms. The van der Waals surface area contributed by atoms with Crippen molar-refractivity contribution >= 4 is 29.0 Å². The van der Waals surface area contributed by atoms with E-state index in [-0.39, 0.29) is 24.5 Å². The molecule has 7 rings (SSSR count). The zero-order valence-electron chi connectivity index (χ0n) is 34.9. The number of rotatable bonds is 14. The van der Waals surface area contributed by atoms with Gasteiger partial charge in [0.15, 0.2) is 23.8 Å². The average molecular weight is 831 g/mol. The highest BCUT2D eigenvalue weighted by molar-refractivity contribution is 5.82. The van der Waals surface area contributed by atoms with E-state index >= 15 is 0 Å². The van der Waals surface area contributed by atoms with Gasteiger partial charge in [-0.05, 0) is 67.3 Å². The van der Waals surface area contributed by atoms with Gasteiger partial charge in [0.25, 0.3) is 0 Å². The van der Waals surface area contributed by atoms with Crippen molar-refractivity contribution in [2.24, 2.45) is 0 Å². The van der Waals surface area contributed by atoms with Crippen molar-refractivity contribution in [1.82, 2.24) is 24.4 Å². The highest BCUT2D eigenvalue weighted by Gasteiger charge is 2.50. The van der Waals surface area contributed by atoms with Crippen molar-refractivity contribution in [2.45, 2.75) is 69.0 Å². The van der Waals surface area contributed by atoms with Gasteiger partial charge in [-0.25, -0.2) is 24.5 Å². The number of carbonyl (C=O) groups is 2. The van der Waals surface area contributed by atoms with Crippen molar-refractivity contribution in [3.8, 4) is 11.5 Å². The SMILES string of the molecule is COc1ccc(C(OCC2OC(n3cnc4c(N)ncnc43)C(OC(=O)[C@@H](Cc3ccccc3)N(C)C(=O)OC(C)(C)C)C2O)(c2ccccc2)c2ccc(OC)cc2)cc1. The number of methoxy groups -OCH3 is 2. The van der Waals surface area contributed by atoms with Gasteiger partial charge in [0.1, 0.15) is 52.8 Å². The number of benzene rings is 4. The Morgan fingerprint density at radius 2 is 1.41 bits per heavy atom. The number of anilines is 1. The summed E-state index contributed by atoms with van der Waals surface area (Å²) in [6, 6.07) is 32.8. The summed E-state index contributed by atoms with van der Waals surface area (Å²) in [5, 5.41) is 12.3. The van der Waals surface area contributed by atoms with Gasteiger partial charge in [0.05, 0.1) is 27.2 Å². The number of likely N-dealkylation sites (N-methyl/N-ethyl adjacent to an activating group) is 1. The molecule has 4 unspecified atom stereocenters. The molecule has 1 amide bonds. The highest BCUT2D eigenvalue weighted by Crippen LogP contribution is 2.43. The van der Waals surface area contributed by atoms with E-state index in [1.807, 2.05) is 109 Å². The standard InChI is InChI=1S/C46H50N6O9/c1-45(2,3)61-44(55)51(4)35(25-29-13-9-7-10-14-29)43(54)60-39-38(53)36(59-42(39)52-28-50-37-40(47)48-27-49-41(37)52)26-58-46(30-15-11-8-12-16-30,31-17-21-33(56-5)22-18-31)32-19-23-34(57-6)24-20-32/h7-24,27-28,35-36,38-39,42,53H,25-26H2,1-6H3,(H2,47,48,49)/t35-,36?,38?,39?,42?/m1/s1. The van der Waals surface area contributed by atoms with Crippen molar-refractivity contribution in [2.75, 3.05) is 33.6 Å². The Balaban J connectivity index is 1.28. The summed E-state index contributed by atoms with van der Waals surface area (Å²) in [7, 11) is 4.67. The summed E-state index contributed by atoms with van der Waals surface area (Å²) in [5.41, 5.74) is 7.74. The van der Waals surface area contributed by atoms with Gasteiger partial charge in [0.2, 0.25) is 0 Å². The van der Waals surface area contributed by atoms with Gasteiger partial charge in [-0.15, -0.1) is 0 Å². The number of aliphatic hydroxyl groups is 1. The zero-order chi connectivity index (χ0) is 43.3. The van der Waals surface area contributed by atoms with Gasteiger partial charge in [-0.2, -0.15) is 0 Å². The quantitative estimate of drug-likeness (QED) is 0.0953. The van der Waals surface area contributed by atoms with Crippen LogP contribution < -0.4 is 15.2 Å². The van der Waals surface area contributed by atoms with Gasteiger partial charge in [-0.3, -0.25) is 9.47 Å². The van der Waals surface area contributed by atoms with E-state index in [1.165, 1.54) is 29.2 Å². The Hall–Kier alpha value is -6.55. The average Bonchev–Trinajstić information content (AvgIpc) is 3.84. The Bertz CT molecular complexity index is 2360. The first-order chi connectivity index (χ1) is 29.3. The topological polar surface area (TPSA) is 183 Å². The number of hydrogen-bond donors (Lipinski definition) is 2. The Morgan fingerprint density at radius 3 is 1.98 bits per heavy atom. The summed E-state index contributed by atoms with van der Waals surface area (Å²) in [6.45, 7) is 5.02. The molecule has 0 radical (unpaired) electrons. The molecule has 3 N–H and O–H groups in total. The fourth-order valence-electron chi connectivity index (χ4n) is 7.43. The normalized spacial score (nSPS) is 18.3. The minimum Gasteiger partial charge on any atom is -0.497 e. The smallest absolute Gasteiger partial charge is 0.410 e. The van der Waals surface area contributed by atoms with E-state index in [1.54, 1.807) is 35.0 Å². The minimum absolute atomic E-state index is 0.0946. The van der Waals surface area contributed by atoms with E-state index in [9.17, 15) is 14.7 Å². The number of hydrogen-bond acceptors (Lipinski definition) is 13. The second-order valence-corrected chi connectivity index (χ2v) is 15.7. The van der Waals surface area contributed by atoms with E-state index in [0.717, 1.165) is 22.3 Å². The second kappa shape index (κ2) is 18.0. The second-order valence-electron chi connectivity index (χ2n) is 15.7. The van der Waals surface area contributed by atoms with Crippen LogP contribution in [0.5, 0.6) is 11.5 Å². The van der Waals surface area contributed by atoms with Gasteiger partial charge in [0, 0.05) is 13.5 Å². The first-order valence-corrected chi connectivity index (χ1v) is 19.8. The van der Waals surface area contributed by atoms with E-state index in [4.69, 9.17) is 34.2 Å². The lowest BCUT2D eigenvalue weighted by Crippen LogP contribution is -2.49. The molecular weight excluding hydrogens is 781 g/mol. The molecule has 0 saturated carbocycles. The molecule has 15 nitrogen and oxygen atoms in total. The van der Waals surface area contributed by atoms with Crippen LogP contribution in [0.4, 0.5) is 10.6 Å². The number of esters is 1. The largest absolute Gasteiger partial charge is 0.497 e. The summed E-state index contributed by atoms with van der Waals surface area (Å²) in [6.07, 6.45) is -2.99. The molecule has 0 bridgehead atoms. The number of aromatic nitrogens is 4. The number of nitrogens with zero attached hydrogens (tertiary/aromatic N) is 5. The molecule has 1 fully saturated rings. The molecular formula is C46H50N6O9. The van der Waals surface area contributed by atoms with Crippen LogP contribution in [-0.4, -0.2) is 99.4 Å². The molecule has 1 aliphatic heterocycles. The maximum absolute atomic E-state index is 14.5. The summed E-state index contributed by atoms with van der Waals surface area (Å²) >= 11 is 0. The van der Waals surface area contributed by atoms with Crippen LogP contribution >= 0.6 is 0 Å². The summed E-state index contributed by atoms with van der Waals surface area (Å²) in [5.74, 6) is 0.638. The molecule has 4 aromatic carbocycles. The third-order valence-electron chi connectivity index (χ3n) is 10.6. The van der Waals surface area contributed by atoms with Crippen LogP contribution in [0.1, 0.15) is 49.3 Å². The Morgan fingerprint density at radius 1 is 0.836 bits per heavy atom. The van der Waals surface area contributed by atoms with Crippen molar-refractivity contribution in [1.29, 1.82) is 0 Å². The maximum Gasteiger partial charge on any atom is 0.410 e. The van der Waals surface area contributed by atoms with Crippen LogP contribution in [-0.2, 0) is 35.8 Å². The highest BCUT2D eigenvalue weighted by atomic mass is 16.6.